The van der Waals surface area contributed by atoms with Gasteiger partial charge in [0.1, 0.15) is 11.5 Å². The Hall–Kier alpha value is -1.75. The van der Waals surface area contributed by atoms with E-state index in [9.17, 15) is 4.79 Å². The van der Waals surface area contributed by atoms with Crippen molar-refractivity contribution < 1.29 is 14.3 Å². The summed E-state index contributed by atoms with van der Waals surface area (Å²) in [5, 5.41) is 0. The highest BCUT2D eigenvalue weighted by molar-refractivity contribution is 5.87. The molecule has 0 aliphatic carbocycles. The van der Waals surface area contributed by atoms with E-state index in [0.29, 0.717) is 11.5 Å². The number of hydrogen-bond donors (Lipinski definition) is 2. The predicted octanol–water partition coefficient (Wildman–Crippen LogP) is 1.28. The van der Waals surface area contributed by atoms with E-state index in [1.54, 1.807) is 28.1 Å². The third kappa shape index (κ3) is 2.41. The van der Waals surface area contributed by atoms with Gasteiger partial charge in [-0.3, -0.25) is 10.2 Å². The number of methoxy groups -OCH3 is 2. The van der Waals surface area contributed by atoms with Gasteiger partial charge in [0.15, 0.2) is 0 Å². The van der Waals surface area contributed by atoms with Gasteiger partial charge in [-0.05, 0) is 38.5 Å². The van der Waals surface area contributed by atoms with Crippen molar-refractivity contribution in [3.8, 4) is 11.5 Å². The second-order valence-electron chi connectivity index (χ2n) is 4.62. The lowest BCUT2D eigenvalue weighted by Crippen LogP contribution is -2.43. The molecule has 0 saturated heterocycles. The molecule has 0 aliphatic heterocycles. The minimum Gasteiger partial charge on any atom is -0.496 e. The number of nitrogens with one attached hydrogen (secondary N) is 1. The molecule has 1 aromatic rings. The smallest absolute Gasteiger partial charge is 0.244 e. The summed E-state index contributed by atoms with van der Waals surface area (Å²) in [7, 11) is 3.16. The second-order valence-corrected chi connectivity index (χ2v) is 4.62. The molecule has 1 rings (SSSR count). The van der Waals surface area contributed by atoms with E-state index < -0.39 is 5.41 Å². The topological polar surface area (TPSA) is 73.6 Å². The third-order valence-corrected chi connectivity index (χ3v) is 3.09. The minimum atomic E-state index is -0.804. The maximum absolute atomic E-state index is 11.9. The molecule has 3 N–H and O–H groups in total. The number of hydrazine groups is 1. The average Bonchev–Trinajstić information content (AvgIpc) is 2.36. The molecule has 0 bridgehead atoms. The zero-order valence-corrected chi connectivity index (χ0v) is 11.5. The molecule has 0 spiro atoms. The number of carbonyl (C=O) groups excluding carboxylic acids is 1. The molecule has 100 valence electrons. The summed E-state index contributed by atoms with van der Waals surface area (Å²) in [6.45, 7) is 5.48. The molecule has 0 aliphatic rings. The zero-order chi connectivity index (χ0) is 13.9. The standard InChI is InChI=1S/C13H20N2O3/c1-8-6-11(18-5)9(7-10(8)17-4)13(2,3)12(16)15-14/h6-7H,14H2,1-5H3,(H,15,16). The second kappa shape index (κ2) is 5.27. The Kier molecular flexibility index (Phi) is 4.19. The summed E-state index contributed by atoms with van der Waals surface area (Å²) in [5.74, 6) is 6.28. The molecular weight excluding hydrogens is 232 g/mol. The normalized spacial score (nSPS) is 11.0. The Labute approximate surface area is 107 Å². The van der Waals surface area contributed by atoms with Gasteiger partial charge in [-0.25, -0.2) is 5.84 Å². The van der Waals surface area contributed by atoms with Crippen LogP contribution in [0, 0.1) is 6.92 Å². The summed E-state index contributed by atoms with van der Waals surface area (Å²) < 4.78 is 10.6. The van der Waals surface area contributed by atoms with Crippen molar-refractivity contribution in [3.05, 3.63) is 23.3 Å². The molecule has 18 heavy (non-hydrogen) atoms. The Morgan fingerprint density at radius 3 is 2.22 bits per heavy atom. The molecule has 0 aromatic heterocycles. The van der Waals surface area contributed by atoms with E-state index in [-0.39, 0.29) is 5.91 Å². The van der Waals surface area contributed by atoms with Crippen LogP contribution in [0.25, 0.3) is 0 Å². The number of amides is 1. The first-order valence-corrected chi connectivity index (χ1v) is 5.62. The monoisotopic (exact) mass is 252 g/mol. The summed E-state index contributed by atoms with van der Waals surface area (Å²) in [6.07, 6.45) is 0. The van der Waals surface area contributed by atoms with Gasteiger partial charge in [-0.15, -0.1) is 0 Å². The number of aryl methyl sites for hydroxylation is 1. The Morgan fingerprint density at radius 2 is 1.78 bits per heavy atom. The van der Waals surface area contributed by atoms with E-state index in [4.69, 9.17) is 15.3 Å². The van der Waals surface area contributed by atoms with Crippen LogP contribution in [0.3, 0.4) is 0 Å². The van der Waals surface area contributed by atoms with Crippen molar-refractivity contribution in [1.29, 1.82) is 0 Å². The Balaban J connectivity index is 3.42. The number of rotatable bonds is 4. The molecule has 0 unspecified atom stereocenters. The van der Waals surface area contributed by atoms with Crippen molar-refractivity contribution in [2.45, 2.75) is 26.2 Å². The van der Waals surface area contributed by atoms with Gasteiger partial charge < -0.3 is 9.47 Å². The van der Waals surface area contributed by atoms with Crippen LogP contribution in [-0.2, 0) is 10.2 Å². The fraction of sp³-hybridized carbons (Fsp3) is 0.462. The first-order chi connectivity index (χ1) is 8.38. The number of ether oxygens (including phenoxy) is 2. The minimum absolute atomic E-state index is 0.285. The van der Waals surface area contributed by atoms with Gasteiger partial charge in [-0.1, -0.05) is 0 Å². The van der Waals surface area contributed by atoms with Crippen LogP contribution in [0.5, 0.6) is 11.5 Å². The highest BCUT2D eigenvalue weighted by Crippen LogP contribution is 2.36. The first kappa shape index (κ1) is 14.3. The highest BCUT2D eigenvalue weighted by atomic mass is 16.5. The van der Waals surface area contributed by atoms with Gasteiger partial charge in [0.25, 0.3) is 0 Å². The molecule has 5 nitrogen and oxygen atoms in total. The zero-order valence-electron chi connectivity index (χ0n) is 11.5. The van der Waals surface area contributed by atoms with Gasteiger partial charge in [0, 0.05) is 5.56 Å². The first-order valence-electron chi connectivity index (χ1n) is 5.62. The summed E-state index contributed by atoms with van der Waals surface area (Å²) >= 11 is 0. The largest absolute Gasteiger partial charge is 0.496 e. The van der Waals surface area contributed by atoms with E-state index >= 15 is 0 Å². The molecule has 0 radical (unpaired) electrons. The van der Waals surface area contributed by atoms with Crippen LogP contribution < -0.4 is 20.7 Å². The molecule has 0 saturated carbocycles. The summed E-state index contributed by atoms with van der Waals surface area (Å²) in [6, 6.07) is 3.66. The maximum Gasteiger partial charge on any atom is 0.244 e. The molecular formula is C13H20N2O3. The number of benzene rings is 1. The maximum atomic E-state index is 11.9. The van der Waals surface area contributed by atoms with Crippen LogP contribution in [0.4, 0.5) is 0 Å². The number of nitrogens with two attached hydrogens (primary N) is 1. The lowest BCUT2D eigenvalue weighted by molar-refractivity contribution is -0.125. The molecule has 1 amide bonds. The summed E-state index contributed by atoms with van der Waals surface area (Å²) in [5.41, 5.74) is 3.05. The third-order valence-electron chi connectivity index (χ3n) is 3.09. The quantitative estimate of drug-likeness (QED) is 0.481. The van der Waals surface area contributed by atoms with Crippen molar-refractivity contribution in [2.75, 3.05) is 14.2 Å². The van der Waals surface area contributed by atoms with Crippen molar-refractivity contribution in [2.24, 2.45) is 5.84 Å². The van der Waals surface area contributed by atoms with Crippen molar-refractivity contribution >= 4 is 5.91 Å². The SMILES string of the molecule is COc1cc(C(C)(C)C(=O)NN)c(OC)cc1C. The fourth-order valence-electron chi connectivity index (χ4n) is 1.84. The van der Waals surface area contributed by atoms with Gasteiger partial charge in [-0.2, -0.15) is 0 Å². The molecule has 0 atom stereocenters. The van der Waals surface area contributed by atoms with Crippen LogP contribution in [0.15, 0.2) is 12.1 Å². The number of hydrogen-bond acceptors (Lipinski definition) is 4. The molecule has 0 fully saturated rings. The Morgan fingerprint density at radius 1 is 1.22 bits per heavy atom. The van der Waals surface area contributed by atoms with Gasteiger partial charge in [0.05, 0.1) is 19.6 Å². The van der Waals surface area contributed by atoms with Crippen LogP contribution in [0.1, 0.15) is 25.0 Å². The lowest BCUT2D eigenvalue weighted by Gasteiger charge is -2.26. The van der Waals surface area contributed by atoms with Gasteiger partial charge >= 0.3 is 0 Å². The molecule has 5 heteroatoms. The van der Waals surface area contributed by atoms with Crippen LogP contribution in [0.2, 0.25) is 0 Å². The molecule has 1 aromatic carbocycles. The van der Waals surface area contributed by atoms with Crippen LogP contribution in [-0.4, -0.2) is 20.1 Å². The van der Waals surface area contributed by atoms with Gasteiger partial charge in [0.2, 0.25) is 5.91 Å². The van der Waals surface area contributed by atoms with Crippen LogP contribution >= 0.6 is 0 Å². The highest BCUT2D eigenvalue weighted by Gasteiger charge is 2.33. The van der Waals surface area contributed by atoms with Crippen molar-refractivity contribution in [1.82, 2.24) is 5.43 Å². The van der Waals surface area contributed by atoms with Crippen molar-refractivity contribution in [3.63, 3.8) is 0 Å². The van der Waals surface area contributed by atoms with E-state index in [2.05, 4.69) is 5.43 Å². The van der Waals surface area contributed by atoms with E-state index in [0.717, 1.165) is 11.1 Å². The summed E-state index contributed by atoms with van der Waals surface area (Å²) in [4.78, 5) is 11.9. The number of carbonyl (C=O) groups is 1. The Bertz CT molecular complexity index is 456. The average molecular weight is 252 g/mol. The van der Waals surface area contributed by atoms with E-state index in [1.165, 1.54) is 0 Å². The lowest BCUT2D eigenvalue weighted by atomic mass is 9.82. The molecule has 0 heterocycles. The van der Waals surface area contributed by atoms with E-state index in [1.807, 2.05) is 19.1 Å². The predicted molar refractivity (Wildman–Crippen MR) is 69.6 cm³/mol. The fourth-order valence-corrected chi connectivity index (χ4v) is 1.84.